The van der Waals surface area contributed by atoms with E-state index in [9.17, 15) is 18.0 Å². The Morgan fingerprint density at radius 1 is 0.515 bits per heavy atom. The van der Waals surface area contributed by atoms with Crippen LogP contribution in [0.5, 0.6) is 23.0 Å². The lowest BCUT2D eigenvalue weighted by Gasteiger charge is -2.21. The number of rotatable bonds is 25. The Kier molecular flexibility index (Phi) is 50.9. The number of aliphatic hydroxyl groups excluding tert-OH is 3. The number of hydrogen-bond acceptors (Lipinski definition) is 17. The lowest BCUT2D eigenvalue weighted by molar-refractivity contribution is 0.0490. The van der Waals surface area contributed by atoms with Crippen molar-refractivity contribution in [2.75, 3.05) is 77.5 Å². The number of alkyl carbamates (subject to hydrolysis) is 2. The highest BCUT2D eigenvalue weighted by Crippen LogP contribution is 2.29. The van der Waals surface area contributed by atoms with E-state index in [-0.39, 0.29) is 51.1 Å². The van der Waals surface area contributed by atoms with Crippen LogP contribution in [0.2, 0.25) is 0 Å². The van der Waals surface area contributed by atoms with Crippen molar-refractivity contribution in [1.82, 2.24) is 10.6 Å². The molecular weight excluding hydrogens is 1350 g/mol. The molecule has 0 saturated heterocycles. The van der Waals surface area contributed by atoms with Gasteiger partial charge in [0, 0.05) is 31.6 Å². The second kappa shape index (κ2) is 54.8. The van der Waals surface area contributed by atoms with Crippen LogP contribution in [0.25, 0.3) is 0 Å². The largest absolute Gasteiger partial charge is 0.508 e. The minimum Gasteiger partial charge on any atom is -0.508 e. The smallest absolute Gasteiger partial charge is 0.407 e. The quantitative estimate of drug-likeness (QED) is 0.0185. The topological polar surface area (TPSA) is 273 Å². The van der Waals surface area contributed by atoms with Gasteiger partial charge in [0.05, 0.1) is 72.3 Å². The van der Waals surface area contributed by atoms with E-state index in [0.717, 1.165) is 83.3 Å². The summed E-state index contributed by atoms with van der Waals surface area (Å²) in [6, 6.07) is 30.5. The molecular formula is C75H123BrClN3O16S. The summed E-state index contributed by atoms with van der Waals surface area (Å²) in [5.74, 6) is 6.12. The number of halogens is 2. The zero-order chi connectivity index (χ0) is 70.7. The van der Waals surface area contributed by atoms with Gasteiger partial charge in [0.1, 0.15) is 34.2 Å². The molecule has 4 aromatic carbocycles. The Hall–Kier alpha value is -4.94. The number of benzene rings is 4. The van der Waals surface area contributed by atoms with E-state index in [1.54, 1.807) is 45.9 Å². The van der Waals surface area contributed by atoms with Gasteiger partial charge in [0.25, 0.3) is 10.1 Å². The monoisotopic (exact) mass is 1470 g/mol. The van der Waals surface area contributed by atoms with Gasteiger partial charge in [-0.05, 0) is 194 Å². The van der Waals surface area contributed by atoms with Crippen LogP contribution in [0, 0.1) is 23.7 Å². The fourth-order valence-electron chi connectivity index (χ4n) is 10.5. The third-order valence-corrected chi connectivity index (χ3v) is 16.8. The number of nitrogens with two attached hydrogens (primary N) is 1. The van der Waals surface area contributed by atoms with Crippen LogP contribution in [0.3, 0.4) is 0 Å². The van der Waals surface area contributed by atoms with Crippen LogP contribution in [0.15, 0.2) is 97.1 Å². The van der Waals surface area contributed by atoms with Gasteiger partial charge in [-0.25, -0.2) is 9.59 Å². The van der Waals surface area contributed by atoms with Gasteiger partial charge in [-0.2, -0.15) is 8.42 Å². The molecule has 0 spiro atoms. The van der Waals surface area contributed by atoms with Crippen LogP contribution >= 0.6 is 28.3 Å². The number of nitrogens with one attached hydrogen (secondary N) is 2. The fourth-order valence-corrected chi connectivity index (χ4v) is 11.6. The number of carbonyl (C=O) groups excluding carboxylic acids is 2. The zero-order valence-corrected chi connectivity index (χ0v) is 63.0. The third kappa shape index (κ3) is 51.0. The van der Waals surface area contributed by atoms with Crippen molar-refractivity contribution in [2.24, 2.45) is 29.4 Å². The van der Waals surface area contributed by atoms with Gasteiger partial charge in [-0.15, -0.1) is 12.4 Å². The first kappa shape index (κ1) is 90.1. The lowest BCUT2D eigenvalue weighted by atomic mass is 9.90. The standard InChI is InChI=1S/C21H33NO4.C16H25NO2.C14H20O2.C8H17NO5S.C7H13Br.C7H8O2.C2H6O.ClH/c1-21(2,3)26-20(23)22-12-13-24-15-18-10-7-11-19(14-18)25-16-17-8-5-4-6-9-17;17-9-10-18-12-15-7-4-8-16(11-15)19-13-14-5-2-1-3-6-14;15-10-13-7-4-8-14(9-13)16-11-12-5-2-1-3-6-12;1-8(2,3)14-7(10)9-5-6-13-15(4,11)12;8-6-7-4-2-1-3-5-7;8-5-6-2-1-3-7(9)4-6;1-2-3;/h7,10-11,14,17H,4-6,8-9,12-13,15-16H2,1-3H3,(H,22,23);4,7-8,11,14H,1-3,5-6,9-10,12-13,17H2;4,7-9,12,15H,1-3,5-6,10-11H2;5-6H2,1-4H3,(H,9,10);7H,1-6H2;1-4,8-9H,5H2;3H,2H2,1H3;1H. The Morgan fingerprint density at radius 2 is 0.845 bits per heavy atom. The number of aromatic hydroxyl groups is 1. The molecule has 0 aliphatic heterocycles. The second-order valence-electron chi connectivity index (χ2n) is 26.6. The molecule has 0 heterocycles. The molecule has 4 aromatic rings. The average molecular weight is 1470 g/mol. The highest BCUT2D eigenvalue weighted by Gasteiger charge is 2.19. The molecule has 0 atom stereocenters. The van der Waals surface area contributed by atoms with Gasteiger partial charge in [-0.3, -0.25) is 4.18 Å². The lowest BCUT2D eigenvalue weighted by Crippen LogP contribution is -2.34. The molecule has 4 aliphatic carbocycles. The minimum atomic E-state index is -3.45. The number of phenolic OH excluding ortho intramolecular Hbond substituents is 1. The molecule has 0 unspecified atom stereocenters. The Bertz CT molecular complexity index is 2710. The molecule has 4 fully saturated rings. The molecule has 19 nitrogen and oxygen atoms in total. The third-order valence-electron chi connectivity index (χ3n) is 15.3. The highest BCUT2D eigenvalue weighted by atomic mass is 79.9. The summed E-state index contributed by atoms with van der Waals surface area (Å²) in [4.78, 5) is 22.6. The molecule has 4 saturated carbocycles. The molecule has 0 aromatic heterocycles. The van der Waals surface area contributed by atoms with Crippen molar-refractivity contribution < 1.29 is 75.8 Å². The first-order chi connectivity index (χ1) is 46.0. The maximum Gasteiger partial charge on any atom is 0.407 e. The summed E-state index contributed by atoms with van der Waals surface area (Å²) in [6.07, 6.45) is 27.3. The molecule has 4 aliphatic rings. The van der Waals surface area contributed by atoms with E-state index in [1.165, 1.54) is 140 Å². The molecule has 0 radical (unpaired) electrons. The second-order valence-corrected chi connectivity index (χ2v) is 28.9. The van der Waals surface area contributed by atoms with E-state index in [4.69, 9.17) is 59.3 Å². The maximum atomic E-state index is 11.5. The van der Waals surface area contributed by atoms with Crippen molar-refractivity contribution in [2.45, 2.75) is 215 Å². The summed E-state index contributed by atoms with van der Waals surface area (Å²) >= 11 is 3.51. The van der Waals surface area contributed by atoms with E-state index in [0.29, 0.717) is 45.4 Å². The SMILES string of the molecule is BrCC1CCCCC1.CC(C)(C)OC(=O)NCCOCc1cccc(OCC2CCCCC2)c1.CC(C)(C)OC(=O)NCCOS(C)(=O)=O.CCO.Cl.NCCOCc1cccc(OCC2CCCCC2)c1.OCc1cccc(O)c1.OCc1cccc(OCC2CCCCC2)c1. The van der Waals surface area contributed by atoms with Gasteiger partial charge < -0.3 is 70.0 Å². The Labute approximate surface area is 597 Å². The highest BCUT2D eigenvalue weighted by molar-refractivity contribution is 9.09. The molecule has 2 amide bonds. The molecule has 97 heavy (non-hydrogen) atoms. The van der Waals surface area contributed by atoms with Crippen molar-refractivity contribution >= 4 is 50.6 Å². The number of carbonyl (C=O) groups is 2. The Balaban J connectivity index is 0.000000597. The van der Waals surface area contributed by atoms with Crippen molar-refractivity contribution in [1.29, 1.82) is 0 Å². The Morgan fingerprint density at radius 3 is 1.16 bits per heavy atom. The van der Waals surface area contributed by atoms with Crippen molar-refractivity contribution in [3.8, 4) is 23.0 Å². The number of ether oxygens (including phenoxy) is 7. The molecule has 8 rings (SSSR count). The molecule has 0 bridgehead atoms. The fraction of sp³-hybridized carbons (Fsp3) is 0.653. The van der Waals surface area contributed by atoms with E-state index in [1.807, 2.05) is 81.4 Å². The number of alkyl halides is 1. The molecule has 8 N–H and O–H groups in total. The summed E-state index contributed by atoms with van der Waals surface area (Å²) < 4.78 is 64.3. The first-order valence-corrected chi connectivity index (χ1v) is 37.9. The predicted octanol–water partition coefficient (Wildman–Crippen LogP) is 15.7. The molecule has 22 heteroatoms. The number of phenols is 1. The van der Waals surface area contributed by atoms with E-state index in [2.05, 4.69) is 42.9 Å². The van der Waals surface area contributed by atoms with E-state index < -0.39 is 33.5 Å². The summed E-state index contributed by atoms with van der Waals surface area (Å²) in [5.41, 5.74) is 8.22. The van der Waals surface area contributed by atoms with Crippen LogP contribution < -0.4 is 30.6 Å². The van der Waals surface area contributed by atoms with Gasteiger partial charge in [0.15, 0.2) is 0 Å². The summed E-state index contributed by atoms with van der Waals surface area (Å²) in [5, 5.41) is 40.2. The number of hydrogen-bond donors (Lipinski definition) is 7. The van der Waals surface area contributed by atoms with Crippen LogP contribution in [0.1, 0.15) is 199 Å². The minimum absolute atomic E-state index is 0. The number of amides is 2. The molecule has 554 valence electrons. The van der Waals surface area contributed by atoms with Gasteiger partial charge in [-0.1, -0.05) is 142 Å². The van der Waals surface area contributed by atoms with Gasteiger partial charge in [0.2, 0.25) is 0 Å². The normalized spacial score (nSPS) is 15.1. The van der Waals surface area contributed by atoms with Crippen molar-refractivity contribution in [3.05, 3.63) is 119 Å². The average Bonchev–Trinajstić information content (AvgIpc) is 1.22. The first-order valence-electron chi connectivity index (χ1n) is 34.9. The maximum absolute atomic E-state index is 11.5. The zero-order valence-electron chi connectivity index (χ0n) is 59.8. The van der Waals surface area contributed by atoms with Crippen LogP contribution in [-0.4, -0.2) is 130 Å². The summed E-state index contributed by atoms with van der Waals surface area (Å²) in [7, 11) is -3.45. The van der Waals surface area contributed by atoms with Crippen LogP contribution in [0.4, 0.5) is 9.59 Å². The predicted molar refractivity (Wildman–Crippen MR) is 394 cm³/mol. The number of aliphatic hydroxyl groups is 3. The van der Waals surface area contributed by atoms with Crippen LogP contribution in [-0.2, 0) is 59.7 Å². The van der Waals surface area contributed by atoms with Crippen molar-refractivity contribution in [3.63, 3.8) is 0 Å². The van der Waals surface area contributed by atoms with Gasteiger partial charge >= 0.3 is 12.2 Å². The van der Waals surface area contributed by atoms with E-state index >= 15 is 0 Å². The summed E-state index contributed by atoms with van der Waals surface area (Å²) in [6.45, 7) is 18.3.